The van der Waals surface area contributed by atoms with Gasteiger partial charge in [0.05, 0.1) is 6.20 Å². The maximum absolute atomic E-state index is 4.66. The lowest BCUT2D eigenvalue weighted by atomic mass is 10.2. The third-order valence-corrected chi connectivity index (χ3v) is 4.51. The molecule has 0 aromatic carbocycles. The summed E-state index contributed by atoms with van der Waals surface area (Å²) in [4.78, 5) is 13.7. The molecular weight excluding hydrogens is 312 g/mol. The van der Waals surface area contributed by atoms with Crippen molar-refractivity contribution in [2.24, 2.45) is 7.05 Å². The van der Waals surface area contributed by atoms with Crippen LogP contribution in [0.5, 0.6) is 0 Å². The minimum atomic E-state index is 0.832. The molecule has 0 aliphatic carbocycles. The Bertz CT molecular complexity index is 829. The first-order chi connectivity index (χ1) is 12.3. The molecule has 1 aliphatic heterocycles. The van der Waals surface area contributed by atoms with Crippen molar-refractivity contribution >= 4 is 5.82 Å². The highest BCUT2D eigenvalue weighted by molar-refractivity contribution is 5.48. The fourth-order valence-corrected chi connectivity index (χ4v) is 3.34. The molecule has 0 fully saturated rings. The van der Waals surface area contributed by atoms with E-state index >= 15 is 0 Å². The number of aromatic nitrogens is 4. The standard InChI is InChI=1S/C19H22N6/c1-23-12-17(11-22-23)13-24-8-9-25(14-16-4-2-6-20-10-16)19-18(15-24)5-3-7-21-19/h2-7,10-12H,8-9,13-15H2,1H3. The number of anilines is 1. The normalized spacial score (nSPS) is 15.0. The van der Waals surface area contributed by atoms with Crippen LogP contribution in [0.25, 0.3) is 0 Å². The predicted octanol–water partition coefficient (Wildman–Crippen LogP) is 2.23. The number of aryl methyl sites for hydroxylation is 1. The summed E-state index contributed by atoms with van der Waals surface area (Å²) in [6.45, 7) is 4.58. The smallest absolute Gasteiger partial charge is 0.133 e. The Hall–Kier alpha value is -2.73. The zero-order valence-corrected chi connectivity index (χ0v) is 14.4. The summed E-state index contributed by atoms with van der Waals surface area (Å²) in [5.41, 5.74) is 3.72. The highest BCUT2D eigenvalue weighted by Gasteiger charge is 2.21. The summed E-state index contributed by atoms with van der Waals surface area (Å²) in [5.74, 6) is 1.08. The number of hydrogen-bond acceptors (Lipinski definition) is 5. The van der Waals surface area contributed by atoms with Crippen LogP contribution in [0.4, 0.5) is 5.82 Å². The third kappa shape index (κ3) is 3.69. The Labute approximate surface area is 147 Å². The SMILES string of the molecule is Cn1cc(CN2CCN(Cc3cccnc3)c3ncccc3C2)cn1. The molecule has 0 bridgehead atoms. The van der Waals surface area contributed by atoms with Gasteiger partial charge in [-0.2, -0.15) is 5.10 Å². The van der Waals surface area contributed by atoms with Crippen molar-refractivity contribution < 1.29 is 0 Å². The summed E-state index contributed by atoms with van der Waals surface area (Å²) < 4.78 is 1.86. The van der Waals surface area contributed by atoms with Gasteiger partial charge in [-0.25, -0.2) is 4.98 Å². The molecule has 0 atom stereocenters. The van der Waals surface area contributed by atoms with Gasteiger partial charge in [-0.05, 0) is 17.7 Å². The molecule has 3 aromatic rings. The number of pyridine rings is 2. The monoisotopic (exact) mass is 334 g/mol. The fraction of sp³-hybridized carbons (Fsp3) is 0.316. The van der Waals surface area contributed by atoms with Crippen molar-refractivity contribution in [2.45, 2.75) is 19.6 Å². The molecule has 0 spiro atoms. The molecule has 0 saturated carbocycles. The van der Waals surface area contributed by atoms with Crippen molar-refractivity contribution in [3.8, 4) is 0 Å². The molecule has 4 heterocycles. The zero-order chi connectivity index (χ0) is 17.1. The van der Waals surface area contributed by atoms with Gasteiger partial charge in [0, 0.05) is 75.7 Å². The molecular formula is C19H22N6. The van der Waals surface area contributed by atoms with Crippen LogP contribution in [0, 0.1) is 0 Å². The van der Waals surface area contributed by atoms with E-state index in [-0.39, 0.29) is 0 Å². The second-order valence-electron chi connectivity index (χ2n) is 6.50. The Morgan fingerprint density at radius 2 is 1.92 bits per heavy atom. The van der Waals surface area contributed by atoms with Crippen molar-refractivity contribution in [1.29, 1.82) is 0 Å². The van der Waals surface area contributed by atoms with Crippen molar-refractivity contribution in [1.82, 2.24) is 24.6 Å². The van der Waals surface area contributed by atoms with Crippen LogP contribution in [0.3, 0.4) is 0 Å². The first-order valence-corrected chi connectivity index (χ1v) is 8.55. The van der Waals surface area contributed by atoms with Gasteiger partial charge in [0.25, 0.3) is 0 Å². The van der Waals surface area contributed by atoms with E-state index in [1.165, 1.54) is 16.7 Å². The van der Waals surface area contributed by atoms with Crippen molar-refractivity contribution in [3.05, 3.63) is 71.9 Å². The lowest BCUT2D eigenvalue weighted by Crippen LogP contribution is -2.31. The molecule has 6 heteroatoms. The molecule has 0 amide bonds. The summed E-state index contributed by atoms with van der Waals surface area (Å²) in [6.07, 6.45) is 9.66. The van der Waals surface area contributed by atoms with Crippen LogP contribution in [-0.4, -0.2) is 37.7 Å². The van der Waals surface area contributed by atoms with E-state index < -0.39 is 0 Å². The van der Waals surface area contributed by atoms with Gasteiger partial charge < -0.3 is 4.90 Å². The Morgan fingerprint density at radius 3 is 2.72 bits per heavy atom. The molecule has 25 heavy (non-hydrogen) atoms. The number of nitrogens with zero attached hydrogens (tertiary/aromatic N) is 6. The van der Waals surface area contributed by atoms with E-state index in [1.54, 1.807) is 0 Å². The molecule has 1 aliphatic rings. The first kappa shape index (κ1) is 15.8. The minimum Gasteiger partial charge on any atom is -0.351 e. The van der Waals surface area contributed by atoms with Crippen LogP contribution in [0.1, 0.15) is 16.7 Å². The van der Waals surface area contributed by atoms with Gasteiger partial charge in [0.2, 0.25) is 0 Å². The molecule has 0 radical (unpaired) electrons. The zero-order valence-electron chi connectivity index (χ0n) is 14.4. The largest absolute Gasteiger partial charge is 0.351 e. The molecule has 0 saturated heterocycles. The summed E-state index contributed by atoms with van der Waals surface area (Å²) in [6, 6.07) is 8.31. The summed E-state index contributed by atoms with van der Waals surface area (Å²) in [7, 11) is 1.96. The minimum absolute atomic E-state index is 0.832. The molecule has 6 nitrogen and oxygen atoms in total. The van der Waals surface area contributed by atoms with Gasteiger partial charge >= 0.3 is 0 Å². The van der Waals surface area contributed by atoms with Crippen LogP contribution in [-0.2, 0) is 26.7 Å². The van der Waals surface area contributed by atoms with Gasteiger partial charge in [-0.3, -0.25) is 14.6 Å². The van der Waals surface area contributed by atoms with E-state index in [0.717, 1.165) is 38.5 Å². The lowest BCUT2D eigenvalue weighted by molar-refractivity contribution is 0.268. The van der Waals surface area contributed by atoms with Crippen LogP contribution in [0.15, 0.2) is 55.2 Å². The molecule has 3 aromatic heterocycles. The Kier molecular flexibility index (Phi) is 4.43. The van der Waals surface area contributed by atoms with Crippen LogP contribution in [0.2, 0.25) is 0 Å². The summed E-state index contributed by atoms with van der Waals surface area (Å²) >= 11 is 0. The average Bonchev–Trinajstić information content (AvgIpc) is 2.96. The number of hydrogen-bond donors (Lipinski definition) is 0. The maximum Gasteiger partial charge on any atom is 0.133 e. The molecule has 0 unspecified atom stereocenters. The topological polar surface area (TPSA) is 50.1 Å². The number of fused-ring (bicyclic) bond motifs is 1. The highest BCUT2D eigenvalue weighted by Crippen LogP contribution is 2.24. The Morgan fingerprint density at radius 1 is 1.00 bits per heavy atom. The third-order valence-electron chi connectivity index (χ3n) is 4.51. The van der Waals surface area contributed by atoms with Crippen molar-refractivity contribution in [3.63, 3.8) is 0 Å². The van der Waals surface area contributed by atoms with E-state index in [4.69, 9.17) is 0 Å². The lowest BCUT2D eigenvalue weighted by Gasteiger charge is -2.23. The van der Waals surface area contributed by atoms with Gasteiger partial charge in [0.1, 0.15) is 5.82 Å². The van der Waals surface area contributed by atoms with E-state index in [2.05, 4.69) is 43.2 Å². The average molecular weight is 334 g/mol. The summed E-state index contributed by atoms with van der Waals surface area (Å²) in [5, 5.41) is 4.28. The van der Waals surface area contributed by atoms with E-state index in [0.29, 0.717) is 0 Å². The first-order valence-electron chi connectivity index (χ1n) is 8.55. The van der Waals surface area contributed by atoms with Crippen LogP contribution >= 0.6 is 0 Å². The number of rotatable bonds is 4. The maximum atomic E-state index is 4.66. The van der Waals surface area contributed by atoms with Gasteiger partial charge in [0.15, 0.2) is 0 Å². The van der Waals surface area contributed by atoms with Gasteiger partial charge in [-0.15, -0.1) is 0 Å². The van der Waals surface area contributed by atoms with Crippen molar-refractivity contribution in [2.75, 3.05) is 18.0 Å². The molecule has 4 rings (SSSR count). The quantitative estimate of drug-likeness (QED) is 0.732. The van der Waals surface area contributed by atoms with Crippen LogP contribution < -0.4 is 4.90 Å². The molecule has 128 valence electrons. The predicted molar refractivity (Wildman–Crippen MR) is 96.8 cm³/mol. The fourth-order valence-electron chi connectivity index (χ4n) is 3.34. The Balaban J connectivity index is 1.55. The van der Waals surface area contributed by atoms with E-state index in [9.17, 15) is 0 Å². The second-order valence-corrected chi connectivity index (χ2v) is 6.50. The van der Waals surface area contributed by atoms with Gasteiger partial charge in [-0.1, -0.05) is 12.1 Å². The highest BCUT2D eigenvalue weighted by atomic mass is 15.3. The second kappa shape index (κ2) is 7.03. The molecule has 0 N–H and O–H groups in total. The van der Waals surface area contributed by atoms with E-state index in [1.807, 2.05) is 48.6 Å².